The number of fused-ring (bicyclic) bond motifs is 1. The highest BCUT2D eigenvalue weighted by molar-refractivity contribution is 5.90. The predicted molar refractivity (Wildman–Crippen MR) is 131 cm³/mol. The van der Waals surface area contributed by atoms with Crippen molar-refractivity contribution in [2.75, 3.05) is 23.4 Å². The molecule has 7 N–H and O–H groups in total. The smallest absolute Gasteiger partial charge is 0.323 e. The second-order valence-electron chi connectivity index (χ2n) is 8.54. The highest BCUT2D eigenvalue weighted by atomic mass is 16.5. The van der Waals surface area contributed by atoms with Crippen LogP contribution in [0.5, 0.6) is 5.75 Å². The van der Waals surface area contributed by atoms with E-state index in [2.05, 4.69) is 20.3 Å². The Hall–Kier alpha value is -3.66. The van der Waals surface area contributed by atoms with Crippen molar-refractivity contribution in [3.05, 3.63) is 41.6 Å². The second kappa shape index (κ2) is 10.5. The van der Waals surface area contributed by atoms with Crippen LogP contribution in [-0.4, -0.2) is 39.7 Å². The van der Waals surface area contributed by atoms with Gasteiger partial charge in [0, 0.05) is 24.8 Å². The van der Waals surface area contributed by atoms with E-state index in [9.17, 15) is 4.79 Å². The lowest BCUT2D eigenvalue weighted by Crippen LogP contribution is -2.35. The summed E-state index contributed by atoms with van der Waals surface area (Å²) in [7, 11) is 0. The fourth-order valence-corrected chi connectivity index (χ4v) is 4.06. The fraction of sp³-hybridized carbons (Fsp3) is 0.417. The summed E-state index contributed by atoms with van der Waals surface area (Å²) < 4.78 is 11.2. The van der Waals surface area contributed by atoms with Crippen LogP contribution in [0, 0.1) is 6.92 Å². The number of rotatable bonds is 9. The molecule has 0 radical (unpaired) electrons. The number of esters is 1. The number of benzene rings is 1. The van der Waals surface area contributed by atoms with E-state index in [0.717, 1.165) is 42.5 Å². The Morgan fingerprint density at radius 3 is 2.65 bits per heavy atom. The zero-order valence-corrected chi connectivity index (χ0v) is 19.3. The molecule has 1 saturated carbocycles. The molecule has 0 amide bonds. The molecule has 2 aromatic heterocycles. The van der Waals surface area contributed by atoms with E-state index >= 15 is 0 Å². The Labute approximate surface area is 198 Å². The number of nitrogens with zero attached hydrogens (tertiary/aromatic N) is 3. The zero-order chi connectivity index (χ0) is 24.1. The van der Waals surface area contributed by atoms with Crippen molar-refractivity contribution in [1.82, 2.24) is 15.0 Å². The molecule has 10 heteroatoms. The normalized spacial score (nSPS) is 14.8. The molecule has 180 valence electrons. The number of nitrogen functional groups attached to an aromatic ring is 2. The maximum absolute atomic E-state index is 12.1. The molecule has 1 aromatic carbocycles. The summed E-state index contributed by atoms with van der Waals surface area (Å²) in [4.78, 5) is 24.6. The maximum Gasteiger partial charge on any atom is 0.323 e. The van der Waals surface area contributed by atoms with E-state index in [4.69, 9.17) is 26.7 Å². The van der Waals surface area contributed by atoms with E-state index in [-0.39, 0.29) is 18.0 Å². The van der Waals surface area contributed by atoms with Gasteiger partial charge in [-0.2, -0.15) is 9.97 Å². The van der Waals surface area contributed by atoms with Gasteiger partial charge in [-0.25, -0.2) is 4.98 Å². The Bertz CT molecular complexity index is 1150. The zero-order valence-electron chi connectivity index (χ0n) is 19.3. The average Bonchev–Trinajstić information content (AvgIpc) is 3.32. The fourth-order valence-electron chi connectivity index (χ4n) is 4.06. The van der Waals surface area contributed by atoms with E-state index in [1.807, 2.05) is 31.2 Å². The van der Waals surface area contributed by atoms with Crippen molar-refractivity contribution in [3.63, 3.8) is 0 Å². The predicted octanol–water partition coefficient (Wildman–Crippen LogP) is 2.69. The first-order chi connectivity index (χ1) is 16.4. The minimum atomic E-state index is -0.670. The summed E-state index contributed by atoms with van der Waals surface area (Å²) in [5.74, 6) is 0.789. The Morgan fingerprint density at radius 2 is 1.91 bits per heavy atom. The number of ether oxygens (including phenoxy) is 2. The number of anilines is 3. The molecule has 0 spiro atoms. The van der Waals surface area contributed by atoms with Crippen LogP contribution in [0.25, 0.3) is 11.0 Å². The molecule has 0 saturated heterocycles. The van der Waals surface area contributed by atoms with Crippen molar-refractivity contribution in [3.8, 4) is 5.75 Å². The molecule has 0 aliphatic heterocycles. The molecule has 0 bridgehead atoms. The van der Waals surface area contributed by atoms with Crippen LogP contribution in [0.3, 0.4) is 0 Å². The minimum Gasteiger partial charge on any atom is -0.494 e. The summed E-state index contributed by atoms with van der Waals surface area (Å²) in [6.07, 6.45) is 6.28. The Morgan fingerprint density at radius 1 is 1.18 bits per heavy atom. The lowest BCUT2D eigenvalue weighted by Gasteiger charge is -2.16. The van der Waals surface area contributed by atoms with Gasteiger partial charge in [0.2, 0.25) is 5.95 Å². The van der Waals surface area contributed by atoms with Gasteiger partial charge in [0.25, 0.3) is 0 Å². The number of aryl methyl sites for hydroxylation is 1. The first kappa shape index (κ1) is 23.5. The highest BCUT2D eigenvalue weighted by Crippen LogP contribution is 2.25. The van der Waals surface area contributed by atoms with Crippen LogP contribution in [0.4, 0.5) is 17.5 Å². The third-order valence-electron chi connectivity index (χ3n) is 6.06. The number of nitrogens with one attached hydrogen (secondary N) is 1. The minimum absolute atomic E-state index is 0.0261. The maximum atomic E-state index is 12.1. The lowest BCUT2D eigenvalue weighted by molar-refractivity contribution is -0.150. The highest BCUT2D eigenvalue weighted by Gasteiger charge is 2.23. The summed E-state index contributed by atoms with van der Waals surface area (Å²) in [5, 5.41) is 4.08. The summed E-state index contributed by atoms with van der Waals surface area (Å²) >= 11 is 0. The first-order valence-electron chi connectivity index (χ1n) is 11.5. The third-order valence-corrected chi connectivity index (χ3v) is 6.06. The van der Waals surface area contributed by atoms with Gasteiger partial charge in [-0.15, -0.1) is 0 Å². The Kier molecular flexibility index (Phi) is 7.27. The number of pyridine rings is 1. The van der Waals surface area contributed by atoms with Crippen LogP contribution in [0.15, 0.2) is 30.5 Å². The van der Waals surface area contributed by atoms with Gasteiger partial charge in [-0.05, 0) is 68.0 Å². The average molecular weight is 466 g/mol. The number of aromatic nitrogens is 3. The van der Waals surface area contributed by atoms with Crippen LogP contribution in [0.1, 0.15) is 43.2 Å². The van der Waals surface area contributed by atoms with Gasteiger partial charge in [0.05, 0.1) is 12.0 Å². The van der Waals surface area contributed by atoms with Gasteiger partial charge in [-0.3, -0.25) is 4.79 Å². The SMILES string of the molecule is Cc1c(CNc2ccc(OCC[C@H](N)C(=O)OC3CCCC3)cc2)cnc2nc(N)nc(N)c12. The number of carbonyl (C=O) groups is 1. The molecule has 4 rings (SSSR count). The molecular weight excluding hydrogens is 434 g/mol. The van der Waals surface area contributed by atoms with Crippen LogP contribution < -0.4 is 27.3 Å². The molecule has 10 nitrogen and oxygen atoms in total. The number of hydrogen-bond donors (Lipinski definition) is 4. The summed E-state index contributed by atoms with van der Waals surface area (Å²) in [6, 6.07) is 6.91. The first-order valence-corrected chi connectivity index (χ1v) is 11.5. The van der Waals surface area contributed by atoms with Crippen LogP contribution in [-0.2, 0) is 16.1 Å². The molecule has 34 heavy (non-hydrogen) atoms. The van der Waals surface area contributed by atoms with E-state index in [1.165, 1.54) is 0 Å². The van der Waals surface area contributed by atoms with E-state index in [1.54, 1.807) is 6.20 Å². The molecule has 3 aromatic rings. The number of carbonyl (C=O) groups excluding carboxylic acids is 1. The van der Waals surface area contributed by atoms with Gasteiger partial charge < -0.3 is 32.0 Å². The van der Waals surface area contributed by atoms with E-state index < -0.39 is 6.04 Å². The van der Waals surface area contributed by atoms with Gasteiger partial charge in [0.15, 0.2) is 5.65 Å². The van der Waals surface area contributed by atoms with Crippen molar-refractivity contribution >= 4 is 34.5 Å². The number of hydrogen-bond acceptors (Lipinski definition) is 10. The molecule has 0 unspecified atom stereocenters. The molecule has 1 fully saturated rings. The molecular formula is C24H31N7O3. The van der Waals surface area contributed by atoms with E-state index in [0.29, 0.717) is 42.2 Å². The lowest BCUT2D eigenvalue weighted by atomic mass is 10.1. The largest absolute Gasteiger partial charge is 0.494 e. The van der Waals surface area contributed by atoms with Crippen molar-refractivity contribution in [1.29, 1.82) is 0 Å². The topological polar surface area (TPSA) is 164 Å². The Balaban J connectivity index is 1.26. The standard InChI is InChI=1S/C24H31N7O3/c1-14-15(13-29-22-20(14)21(26)30-24(27)31-22)12-28-16-6-8-17(9-7-16)33-11-10-19(25)23(32)34-18-4-2-3-5-18/h6-9,13,18-19,28H,2-5,10-12,25H2,1H3,(H4,26,27,29,30,31)/t19-/m0/s1. The molecule has 2 heterocycles. The van der Waals surface area contributed by atoms with Crippen LogP contribution in [0.2, 0.25) is 0 Å². The molecule has 1 aliphatic rings. The van der Waals surface area contributed by atoms with Crippen molar-refractivity contribution < 1.29 is 14.3 Å². The second-order valence-corrected chi connectivity index (χ2v) is 8.54. The molecule has 1 atom stereocenters. The van der Waals surface area contributed by atoms with Gasteiger partial charge in [-0.1, -0.05) is 0 Å². The van der Waals surface area contributed by atoms with Gasteiger partial charge >= 0.3 is 5.97 Å². The quantitative estimate of drug-likeness (QED) is 0.345. The van der Waals surface area contributed by atoms with Crippen molar-refractivity contribution in [2.45, 2.75) is 57.7 Å². The van der Waals surface area contributed by atoms with Crippen molar-refractivity contribution in [2.24, 2.45) is 5.73 Å². The molecule has 1 aliphatic carbocycles. The summed E-state index contributed by atoms with van der Waals surface area (Å²) in [6.45, 7) is 2.85. The number of nitrogens with two attached hydrogens (primary N) is 3. The summed E-state index contributed by atoms with van der Waals surface area (Å²) in [5.41, 5.74) is 21.0. The van der Waals surface area contributed by atoms with Gasteiger partial charge in [0.1, 0.15) is 23.7 Å². The monoisotopic (exact) mass is 465 g/mol. The third kappa shape index (κ3) is 5.63. The van der Waals surface area contributed by atoms with Crippen LogP contribution >= 0.6 is 0 Å².